The van der Waals surface area contributed by atoms with Crippen molar-refractivity contribution in [2.75, 3.05) is 0 Å². The minimum Gasteiger partial charge on any atom is -0.437 e. The van der Waals surface area contributed by atoms with Crippen LogP contribution in [0.15, 0.2) is 42.6 Å². The predicted molar refractivity (Wildman–Crippen MR) is 64.0 cm³/mol. The first-order valence-corrected chi connectivity index (χ1v) is 5.14. The molecular weight excluding hydrogens is 230 g/mol. The van der Waals surface area contributed by atoms with Crippen molar-refractivity contribution in [3.8, 4) is 17.7 Å². The Bertz CT molecular complexity index is 632. The van der Waals surface area contributed by atoms with E-state index in [1.54, 1.807) is 36.4 Å². The third kappa shape index (κ3) is 2.28. The molecule has 1 amide bonds. The summed E-state index contributed by atoms with van der Waals surface area (Å²) in [5.74, 6) is -0.172. The van der Waals surface area contributed by atoms with Gasteiger partial charge < -0.3 is 10.5 Å². The Labute approximate surface area is 103 Å². The topological polar surface area (TPSA) is 89.0 Å². The minimum absolute atomic E-state index is 0.147. The number of benzene rings is 1. The van der Waals surface area contributed by atoms with E-state index in [0.717, 1.165) is 0 Å². The van der Waals surface area contributed by atoms with Crippen molar-refractivity contribution in [2.24, 2.45) is 5.73 Å². The lowest BCUT2D eigenvalue weighted by Crippen LogP contribution is -2.12. The smallest absolute Gasteiger partial charge is 0.252 e. The van der Waals surface area contributed by atoms with E-state index < -0.39 is 5.91 Å². The van der Waals surface area contributed by atoms with Gasteiger partial charge in [0.1, 0.15) is 17.4 Å². The summed E-state index contributed by atoms with van der Waals surface area (Å²) in [4.78, 5) is 15.2. The van der Waals surface area contributed by atoms with E-state index in [1.165, 1.54) is 6.20 Å². The Balaban J connectivity index is 2.41. The fourth-order valence-corrected chi connectivity index (χ4v) is 1.42. The quantitative estimate of drug-likeness (QED) is 0.884. The Kier molecular flexibility index (Phi) is 3.21. The van der Waals surface area contributed by atoms with Crippen LogP contribution in [0.1, 0.15) is 15.9 Å². The van der Waals surface area contributed by atoms with Gasteiger partial charge in [0.15, 0.2) is 0 Å². The summed E-state index contributed by atoms with van der Waals surface area (Å²) in [6.07, 6.45) is 1.50. The Hall–Kier alpha value is -2.87. The average molecular weight is 239 g/mol. The van der Waals surface area contributed by atoms with Crippen molar-refractivity contribution in [2.45, 2.75) is 0 Å². The van der Waals surface area contributed by atoms with E-state index in [-0.39, 0.29) is 22.8 Å². The second kappa shape index (κ2) is 4.97. The van der Waals surface area contributed by atoms with Crippen LogP contribution in [-0.4, -0.2) is 10.9 Å². The molecule has 2 aromatic rings. The first-order valence-electron chi connectivity index (χ1n) is 5.14. The van der Waals surface area contributed by atoms with Crippen molar-refractivity contribution in [3.63, 3.8) is 0 Å². The fraction of sp³-hybridized carbons (Fsp3) is 0. The van der Waals surface area contributed by atoms with Gasteiger partial charge in [0.05, 0.1) is 5.56 Å². The number of aromatic nitrogens is 1. The van der Waals surface area contributed by atoms with E-state index in [4.69, 9.17) is 15.7 Å². The standard InChI is InChI=1S/C13H9N3O2/c14-8-9-4-3-7-16-13(9)18-11-6-2-1-5-10(11)12(15)17/h1-7H,(H2,15,17). The van der Waals surface area contributed by atoms with Crippen LogP contribution in [0.3, 0.4) is 0 Å². The lowest BCUT2D eigenvalue weighted by atomic mass is 10.2. The van der Waals surface area contributed by atoms with Crippen molar-refractivity contribution in [3.05, 3.63) is 53.7 Å². The molecule has 0 unspecified atom stereocenters. The highest BCUT2D eigenvalue weighted by molar-refractivity contribution is 5.95. The van der Waals surface area contributed by atoms with E-state index >= 15 is 0 Å². The van der Waals surface area contributed by atoms with Crippen LogP contribution in [0.25, 0.3) is 0 Å². The number of nitriles is 1. The molecule has 18 heavy (non-hydrogen) atoms. The van der Waals surface area contributed by atoms with E-state index in [2.05, 4.69) is 4.98 Å². The lowest BCUT2D eigenvalue weighted by Gasteiger charge is -2.08. The predicted octanol–water partition coefficient (Wildman–Crippen LogP) is 1.84. The fourth-order valence-electron chi connectivity index (χ4n) is 1.42. The summed E-state index contributed by atoms with van der Waals surface area (Å²) in [6, 6.07) is 11.7. The summed E-state index contributed by atoms with van der Waals surface area (Å²) in [7, 11) is 0. The van der Waals surface area contributed by atoms with Crippen LogP contribution >= 0.6 is 0 Å². The summed E-state index contributed by atoms with van der Waals surface area (Å²) in [5, 5.41) is 8.91. The van der Waals surface area contributed by atoms with Gasteiger partial charge >= 0.3 is 0 Å². The monoisotopic (exact) mass is 239 g/mol. The first kappa shape index (κ1) is 11.6. The number of nitrogens with zero attached hydrogens (tertiary/aromatic N) is 2. The van der Waals surface area contributed by atoms with Gasteiger partial charge in [-0.25, -0.2) is 4.98 Å². The maximum atomic E-state index is 11.2. The summed E-state index contributed by atoms with van der Waals surface area (Å²) in [5.41, 5.74) is 5.77. The third-order valence-electron chi connectivity index (χ3n) is 2.25. The zero-order valence-electron chi connectivity index (χ0n) is 9.33. The van der Waals surface area contributed by atoms with Crippen molar-refractivity contribution < 1.29 is 9.53 Å². The van der Waals surface area contributed by atoms with Gasteiger partial charge in [-0.05, 0) is 24.3 Å². The van der Waals surface area contributed by atoms with E-state index in [9.17, 15) is 4.79 Å². The molecule has 5 heteroatoms. The van der Waals surface area contributed by atoms with Gasteiger partial charge in [-0.2, -0.15) is 5.26 Å². The Morgan fingerprint density at radius 2 is 2.06 bits per heavy atom. The maximum absolute atomic E-state index is 11.2. The number of primary amides is 1. The van der Waals surface area contributed by atoms with Gasteiger partial charge in [0, 0.05) is 6.20 Å². The van der Waals surface area contributed by atoms with Crippen LogP contribution in [0.4, 0.5) is 0 Å². The number of rotatable bonds is 3. The highest BCUT2D eigenvalue weighted by atomic mass is 16.5. The average Bonchev–Trinajstić information content (AvgIpc) is 2.40. The number of nitrogens with two attached hydrogens (primary N) is 1. The number of pyridine rings is 1. The molecule has 1 aromatic carbocycles. The molecule has 5 nitrogen and oxygen atoms in total. The lowest BCUT2D eigenvalue weighted by molar-refractivity contribution is 0.0998. The van der Waals surface area contributed by atoms with Gasteiger partial charge in [-0.1, -0.05) is 12.1 Å². The van der Waals surface area contributed by atoms with Crippen molar-refractivity contribution in [1.82, 2.24) is 4.98 Å². The van der Waals surface area contributed by atoms with Crippen LogP contribution in [-0.2, 0) is 0 Å². The largest absolute Gasteiger partial charge is 0.437 e. The molecule has 0 saturated carbocycles. The first-order chi connectivity index (χ1) is 8.72. The van der Waals surface area contributed by atoms with Crippen molar-refractivity contribution in [1.29, 1.82) is 5.26 Å². The molecule has 0 aliphatic carbocycles. The molecular formula is C13H9N3O2. The number of carbonyl (C=O) groups is 1. The van der Waals surface area contributed by atoms with Gasteiger partial charge in [-0.15, -0.1) is 0 Å². The molecule has 0 radical (unpaired) electrons. The zero-order chi connectivity index (χ0) is 13.0. The molecule has 88 valence electrons. The van der Waals surface area contributed by atoms with Gasteiger partial charge in [0.2, 0.25) is 5.88 Å². The Morgan fingerprint density at radius 3 is 2.78 bits per heavy atom. The second-order valence-electron chi connectivity index (χ2n) is 3.43. The SMILES string of the molecule is N#Cc1cccnc1Oc1ccccc1C(N)=O. The number of hydrogen-bond acceptors (Lipinski definition) is 4. The van der Waals surface area contributed by atoms with Crippen LogP contribution in [0.5, 0.6) is 11.6 Å². The number of carbonyl (C=O) groups excluding carboxylic acids is 1. The number of para-hydroxylation sites is 1. The molecule has 0 fully saturated rings. The molecule has 1 aromatic heterocycles. The highest BCUT2D eigenvalue weighted by Crippen LogP contribution is 2.25. The van der Waals surface area contributed by atoms with Crippen LogP contribution < -0.4 is 10.5 Å². The second-order valence-corrected chi connectivity index (χ2v) is 3.43. The number of hydrogen-bond donors (Lipinski definition) is 1. The highest BCUT2D eigenvalue weighted by Gasteiger charge is 2.11. The molecule has 2 N–H and O–H groups in total. The molecule has 0 saturated heterocycles. The zero-order valence-corrected chi connectivity index (χ0v) is 9.33. The Morgan fingerprint density at radius 1 is 1.28 bits per heavy atom. The van der Waals surface area contributed by atoms with E-state index in [1.807, 2.05) is 6.07 Å². The van der Waals surface area contributed by atoms with E-state index in [0.29, 0.717) is 0 Å². The molecule has 0 spiro atoms. The number of amides is 1. The van der Waals surface area contributed by atoms with Crippen LogP contribution in [0.2, 0.25) is 0 Å². The maximum Gasteiger partial charge on any atom is 0.252 e. The summed E-state index contributed by atoms with van der Waals surface area (Å²) < 4.78 is 5.46. The normalized spacial score (nSPS) is 9.50. The molecule has 1 heterocycles. The third-order valence-corrected chi connectivity index (χ3v) is 2.25. The molecule has 0 atom stereocenters. The summed E-state index contributed by atoms with van der Waals surface area (Å²) in [6.45, 7) is 0. The van der Waals surface area contributed by atoms with Gasteiger partial charge in [0.25, 0.3) is 5.91 Å². The van der Waals surface area contributed by atoms with Gasteiger partial charge in [-0.3, -0.25) is 4.79 Å². The van der Waals surface area contributed by atoms with Crippen molar-refractivity contribution >= 4 is 5.91 Å². The summed E-state index contributed by atoms with van der Waals surface area (Å²) >= 11 is 0. The minimum atomic E-state index is -0.597. The molecule has 0 aliphatic rings. The molecule has 2 rings (SSSR count). The molecule has 0 aliphatic heterocycles. The number of ether oxygens (including phenoxy) is 1. The van der Waals surface area contributed by atoms with Crippen LogP contribution in [0, 0.1) is 11.3 Å². The molecule has 0 bridgehead atoms.